The van der Waals surface area contributed by atoms with Gasteiger partial charge in [0.2, 0.25) is 11.8 Å². The van der Waals surface area contributed by atoms with Crippen molar-refractivity contribution in [3.8, 4) is 0 Å². The maximum absolute atomic E-state index is 5.64. The third-order valence-corrected chi connectivity index (χ3v) is 4.63. The third kappa shape index (κ3) is 5.14. The normalized spacial score (nSPS) is 17.0. The minimum absolute atomic E-state index is 0.738. The van der Waals surface area contributed by atoms with E-state index in [-0.39, 0.29) is 0 Å². The zero-order chi connectivity index (χ0) is 16.6. The summed E-state index contributed by atoms with van der Waals surface area (Å²) in [5.41, 5.74) is 1.44. The summed E-state index contributed by atoms with van der Waals surface area (Å²) in [5, 5.41) is 8.20. The second-order valence-electron chi connectivity index (χ2n) is 6.50. The predicted octanol–water partition coefficient (Wildman–Crippen LogP) is 2.77. The van der Waals surface area contributed by atoms with Crippen LogP contribution < -0.4 is 0 Å². The largest absolute Gasteiger partial charge is 0.424 e. The summed E-state index contributed by atoms with van der Waals surface area (Å²) in [6.45, 7) is 8.51. The molecule has 1 aliphatic heterocycles. The number of aryl methyl sites for hydroxylation is 2. The molecule has 0 N–H and O–H groups in total. The number of nitrogens with zero attached hydrogens (tertiary/aromatic N) is 4. The topological polar surface area (TPSA) is 45.4 Å². The van der Waals surface area contributed by atoms with Crippen molar-refractivity contribution in [2.24, 2.45) is 0 Å². The van der Waals surface area contributed by atoms with Crippen molar-refractivity contribution in [2.45, 2.75) is 39.2 Å². The molecule has 1 fully saturated rings. The average molecular weight is 328 g/mol. The van der Waals surface area contributed by atoms with E-state index >= 15 is 0 Å². The molecule has 1 aromatic carbocycles. The Morgan fingerprint density at radius 3 is 2.50 bits per heavy atom. The molecule has 2 heterocycles. The second kappa shape index (κ2) is 8.94. The van der Waals surface area contributed by atoms with Gasteiger partial charge in [0.15, 0.2) is 0 Å². The number of benzene rings is 1. The monoisotopic (exact) mass is 328 g/mol. The molecule has 0 unspecified atom stereocenters. The van der Waals surface area contributed by atoms with Crippen LogP contribution in [0.1, 0.15) is 37.1 Å². The first-order valence-corrected chi connectivity index (χ1v) is 9.13. The molecular formula is C19H28N4O. The van der Waals surface area contributed by atoms with Crippen LogP contribution in [0.25, 0.3) is 0 Å². The van der Waals surface area contributed by atoms with Crippen LogP contribution >= 0.6 is 0 Å². The molecular weight excluding hydrogens is 300 g/mol. The molecule has 0 spiro atoms. The second-order valence-corrected chi connectivity index (χ2v) is 6.50. The van der Waals surface area contributed by atoms with Crippen LogP contribution in [0.3, 0.4) is 0 Å². The standard InChI is InChI=1S/C19H28N4O/c1-2-18-20-21-19(24-18)16-23-13-7-12-22(14-15-23)11-6-10-17-8-4-3-5-9-17/h3-5,8-9H,2,6-7,10-16H2,1H3. The van der Waals surface area contributed by atoms with Gasteiger partial charge in [0.1, 0.15) is 0 Å². The molecule has 5 heteroatoms. The summed E-state index contributed by atoms with van der Waals surface area (Å²) >= 11 is 0. The molecule has 0 amide bonds. The van der Waals surface area contributed by atoms with Crippen LogP contribution in [-0.2, 0) is 19.4 Å². The molecule has 130 valence electrons. The van der Waals surface area contributed by atoms with Gasteiger partial charge in [0.05, 0.1) is 6.54 Å². The van der Waals surface area contributed by atoms with Crippen LogP contribution in [0.2, 0.25) is 0 Å². The highest BCUT2D eigenvalue weighted by Crippen LogP contribution is 2.10. The fraction of sp³-hybridized carbons (Fsp3) is 0.579. The van der Waals surface area contributed by atoms with Gasteiger partial charge in [-0.2, -0.15) is 0 Å². The van der Waals surface area contributed by atoms with Crippen molar-refractivity contribution < 1.29 is 4.42 Å². The third-order valence-electron chi connectivity index (χ3n) is 4.63. The van der Waals surface area contributed by atoms with Crippen molar-refractivity contribution in [3.63, 3.8) is 0 Å². The summed E-state index contributed by atoms with van der Waals surface area (Å²) in [4.78, 5) is 5.03. The Bertz CT molecular complexity index is 598. The maximum Gasteiger partial charge on any atom is 0.230 e. The SMILES string of the molecule is CCc1nnc(CN2CCCN(CCCc3ccccc3)CC2)o1. The highest BCUT2D eigenvalue weighted by molar-refractivity contribution is 5.14. The first-order valence-electron chi connectivity index (χ1n) is 9.13. The van der Waals surface area contributed by atoms with E-state index in [1.807, 2.05) is 6.92 Å². The van der Waals surface area contributed by atoms with Crippen LogP contribution in [0, 0.1) is 0 Å². The summed E-state index contributed by atoms with van der Waals surface area (Å²) in [6.07, 6.45) is 4.42. The average Bonchev–Trinajstić information content (AvgIpc) is 2.95. The lowest BCUT2D eigenvalue weighted by Crippen LogP contribution is -2.31. The minimum atomic E-state index is 0.738. The molecule has 1 aromatic heterocycles. The Labute approximate surface area is 144 Å². The van der Waals surface area contributed by atoms with Crippen LogP contribution in [0.4, 0.5) is 0 Å². The van der Waals surface area contributed by atoms with E-state index in [0.717, 1.165) is 44.4 Å². The van der Waals surface area contributed by atoms with Crippen molar-refractivity contribution in [1.29, 1.82) is 0 Å². The van der Waals surface area contributed by atoms with Gasteiger partial charge in [-0.05, 0) is 44.5 Å². The Morgan fingerprint density at radius 2 is 1.71 bits per heavy atom. The molecule has 0 bridgehead atoms. The molecule has 5 nitrogen and oxygen atoms in total. The van der Waals surface area contributed by atoms with Gasteiger partial charge < -0.3 is 9.32 Å². The molecule has 0 atom stereocenters. The van der Waals surface area contributed by atoms with Crippen molar-refractivity contribution in [1.82, 2.24) is 20.0 Å². The van der Waals surface area contributed by atoms with Crippen molar-refractivity contribution >= 4 is 0 Å². The summed E-state index contributed by atoms with van der Waals surface area (Å²) in [5.74, 6) is 1.49. The van der Waals surface area contributed by atoms with Crippen molar-refractivity contribution in [2.75, 3.05) is 32.7 Å². The van der Waals surface area contributed by atoms with Crippen LogP contribution in [0.15, 0.2) is 34.7 Å². The maximum atomic E-state index is 5.64. The predicted molar refractivity (Wildman–Crippen MR) is 94.8 cm³/mol. The Balaban J connectivity index is 1.40. The Hall–Kier alpha value is -1.72. The highest BCUT2D eigenvalue weighted by Gasteiger charge is 2.17. The molecule has 0 aliphatic carbocycles. The number of hydrogen-bond donors (Lipinski definition) is 0. The van der Waals surface area contributed by atoms with E-state index in [2.05, 4.69) is 50.3 Å². The van der Waals surface area contributed by atoms with E-state index in [1.54, 1.807) is 0 Å². The fourth-order valence-electron chi connectivity index (χ4n) is 3.24. The van der Waals surface area contributed by atoms with Gasteiger partial charge in [0.25, 0.3) is 0 Å². The van der Waals surface area contributed by atoms with E-state index in [0.29, 0.717) is 0 Å². The smallest absolute Gasteiger partial charge is 0.230 e. The Morgan fingerprint density at radius 1 is 0.958 bits per heavy atom. The zero-order valence-corrected chi connectivity index (χ0v) is 14.7. The van der Waals surface area contributed by atoms with Gasteiger partial charge in [-0.3, -0.25) is 4.90 Å². The first kappa shape index (κ1) is 17.1. The van der Waals surface area contributed by atoms with E-state index in [1.165, 1.54) is 37.9 Å². The molecule has 2 aromatic rings. The van der Waals surface area contributed by atoms with Gasteiger partial charge in [-0.1, -0.05) is 37.3 Å². The first-order chi connectivity index (χ1) is 11.8. The summed E-state index contributed by atoms with van der Waals surface area (Å²) < 4.78 is 5.64. The number of hydrogen-bond acceptors (Lipinski definition) is 5. The fourth-order valence-corrected chi connectivity index (χ4v) is 3.24. The Kier molecular flexibility index (Phi) is 6.38. The van der Waals surface area contributed by atoms with E-state index in [9.17, 15) is 0 Å². The summed E-state index contributed by atoms with van der Waals surface area (Å²) in [6, 6.07) is 10.8. The van der Waals surface area contributed by atoms with Gasteiger partial charge in [-0.15, -0.1) is 10.2 Å². The van der Waals surface area contributed by atoms with Crippen molar-refractivity contribution in [3.05, 3.63) is 47.7 Å². The zero-order valence-electron chi connectivity index (χ0n) is 14.7. The quantitative estimate of drug-likeness (QED) is 0.782. The summed E-state index contributed by atoms with van der Waals surface area (Å²) in [7, 11) is 0. The molecule has 24 heavy (non-hydrogen) atoms. The molecule has 0 saturated carbocycles. The lowest BCUT2D eigenvalue weighted by atomic mass is 10.1. The molecule has 1 aliphatic rings. The van der Waals surface area contributed by atoms with Gasteiger partial charge >= 0.3 is 0 Å². The number of rotatable bonds is 7. The lowest BCUT2D eigenvalue weighted by molar-refractivity contribution is 0.231. The van der Waals surface area contributed by atoms with E-state index in [4.69, 9.17) is 4.42 Å². The highest BCUT2D eigenvalue weighted by atomic mass is 16.4. The molecule has 3 rings (SSSR count). The van der Waals surface area contributed by atoms with E-state index < -0.39 is 0 Å². The molecule has 1 saturated heterocycles. The molecule has 0 radical (unpaired) electrons. The minimum Gasteiger partial charge on any atom is -0.424 e. The van der Waals surface area contributed by atoms with Gasteiger partial charge in [0, 0.05) is 19.5 Å². The van der Waals surface area contributed by atoms with Gasteiger partial charge in [-0.25, -0.2) is 0 Å². The lowest BCUT2D eigenvalue weighted by Gasteiger charge is -2.20. The van der Waals surface area contributed by atoms with Crippen LogP contribution in [0.5, 0.6) is 0 Å². The number of aromatic nitrogens is 2. The van der Waals surface area contributed by atoms with Crippen LogP contribution in [-0.4, -0.2) is 52.7 Å².